The van der Waals surface area contributed by atoms with E-state index in [1.165, 1.54) is 32.7 Å². The van der Waals surface area contributed by atoms with Crippen LogP contribution in [-0.2, 0) is 4.79 Å². The van der Waals surface area contributed by atoms with E-state index in [0.717, 1.165) is 5.56 Å². The Balaban J connectivity index is 1.55. The molecule has 1 aliphatic heterocycles. The Bertz CT molecular complexity index is 1170. The minimum Gasteiger partial charge on any atom is -0.493 e. The second kappa shape index (κ2) is 8.75. The number of rotatable bonds is 6. The van der Waals surface area contributed by atoms with Crippen LogP contribution >= 0.6 is 11.3 Å². The van der Waals surface area contributed by atoms with Crippen molar-refractivity contribution in [2.45, 2.75) is 13.0 Å². The highest BCUT2D eigenvalue weighted by Crippen LogP contribution is 2.39. The summed E-state index contributed by atoms with van der Waals surface area (Å²) in [4.78, 5) is 29.2. The van der Waals surface area contributed by atoms with Gasteiger partial charge in [0.1, 0.15) is 5.75 Å². The van der Waals surface area contributed by atoms with Crippen LogP contribution in [-0.4, -0.2) is 44.2 Å². The van der Waals surface area contributed by atoms with Gasteiger partial charge in [0.05, 0.1) is 32.7 Å². The summed E-state index contributed by atoms with van der Waals surface area (Å²) in [5.41, 5.74) is 2.36. The highest BCUT2D eigenvalue weighted by Gasteiger charge is 2.24. The van der Waals surface area contributed by atoms with Crippen LogP contribution in [0.2, 0.25) is 0 Å². The third kappa shape index (κ3) is 4.04. The monoisotopic (exact) mass is 455 g/mol. The Labute approximate surface area is 188 Å². The average Bonchev–Trinajstić information content (AvgIpc) is 3.26. The van der Waals surface area contributed by atoms with Crippen molar-refractivity contribution in [3.63, 3.8) is 0 Å². The number of hydrogen-bond donors (Lipinski definition) is 2. The number of amides is 2. The number of anilines is 2. The first-order chi connectivity index (χ1) is 15.4. The Hall–Kier alpha value is -3.79. The van der Waals surface area contributed by atoms with Gasteiger partial charge in [0.25, 0.3) is 11.8 Å². The van der Waals surface area contributed by atoms with E-state index >= 15 is 0 Å². The molecule has 0 bridgehead atoms. The number of methoxy groups -OCH3 is 3. The number of thiazole rings is 1. The molecule has 3 aromatic rings. The average molecular weight is 455 g/mol. The summed E-state index contributed by atoms with van der Waals surface area (Å²) in [7, 11) is 4.47. The zero-order valence-corrected chi connectivity index (χ0v) is 18.7. The van der Waals surface area contributed by atoms with Crippen molar-refractivity contribution < 1.29 is 28.5 Å². The van der Waals surface area contributed by atoms with E-state index in [9.17, 15) is 9.59 Å². The standard InChI is InChI=1S/C22H21N3O6S/c1-11-20(26)23-14-7-12(5-6-16(14)31-11)15-10-32-22(24-15)25-21(27)13-8-17(28-2)19(30-4)18(9-13)29-3/h5-11H,1-4H3,(H,23,26)(H,24,25,27)/t11-/m1/s1. The number of fused-ring (bicyclic) bond motifs is 1. The Morgan fingerprint density at radius 2 is 1.84 bits per heavy atom. The van der Waals surface area contributed by atoms with Crippen LogP contribution in [0, 0.1) is 0 Å². The smallest absolute Gasteiger partial charge is 0.265 e. The molecule has 166 valence electrons. The summed E-state index contributed by atoms with van der Waals surface area (Å²) in [6, 6.07) is 8.56. The lowest BCUT2D eigenvalue weighted by Crippen LogP contribution is -2.34. The molecule has 0 radical (unpaired) electrons. The molecule has 0 aliphatic carbocycles. The minimum absolute atomic E-state index is 0.203. The number of ether oxygens (including phenoxy) is 4. The molecule has 9 nitrogen and oxygen atoms in total. The van der Waals surface area contributed by atoms with Crippen LogP contribution in [0.25, 0.3) is 11.3 Å². The van der Waals surface area contributed by atoms with E-state index in [0.29, 0.717) is 45.1 Å². The zero-order valence-electron chi connectivity index (χ0n) is 17.8. The fourth-order valence-electron chi connectivity index (χ4n) is 3.21. The van der Waals surface area contributed by atoms with Crippen LogP contribution < -0.4 is 29.6 Å². The summed E-state index contributed by atoms with van der Waals surface area (Å²) >= 11 is 1.28. The van der Waals surface area contributed by atoms with Gasteiger partial charge in [0.2, 0.25) is 5.75 Å². The van der Waals surface area contributed by atoms with E-state index in [-0.39, 0.29) is 11.8 Å². The molecule has 0 saturated carbocycles. The molecule has 32 heavy (non-hydrogen) atoms. The quantitative estimate of drug-likeness (QED) is 0.582. The van der Waals surface area contributed by atoms with Gasteiger partial charge in [-0.2, -0.15) is 0 Å². The van der Waals surface area contributed by atoms with Gasteiger partial charge in [-0.3, -0.25) is 14.9 Å². The van der Waals surface area contributed by atoms with Gasteiger partial charge in [-0.15, -0.1) is 11.3 Å². The van der Waals surface area contributed by atoms with E-state index in [1.54, 1.807) is 31.2 Å². The number of aromatic nitrogens is 1. The third-order valence-electron chi connectivity index (χ3n) is 4.86. The number of benzene rings is 2. The highest BCUT2D eigenvalue weighted by molar-refractivity contribution is 7.14. The topological polar surface area (TPSA) is 108 Å². The maximum absolute atomic E-state index is 12.8. The van der Waals surface area contributed by atoms with Crippen LogP contribution in [0.15, 0.2) is 35.7 Å². The first-order valence-corrected chi connectivity index (χ1v) is 10.5. The van der Waals surface area contributed by atoms with Crippen molar-refractivity contribution in [3.8, 4) is 34.3 Å². The Kier molecular flexibility index (Phi) is 5.87. The molecular formula is C22H21N3O6S. The molecule has 10 heteroatoms. The Morgan fingerprint density at radius 1 is 1.12 bits per heavy atom. The molecule has 0 saturated heterocycles. The number of nitrogens with one attached hydrogen (secondary N) is 2. The lowest BCUT2D eigenvalue weighted by molar-refractivity contribution is -0.122. The van der Waals surface area contributed by atoms with E-state index in [2.05, 4.69) is 15.6 Å². The number of carbonyl (C=O) groups excluding carboxylic acids is 2. The van der Waals surface area contributed by atoms with E-state index < -0.39 is 6.10 Å². The van der Waals surface area contributed by atoms with E-state index in [1.807, 2.05) is 11.4 Å². The van der Waals surface area contributed by atoms with Gasteiger partial charge in [-0.25, -0.2) is 4.98 Å². The molecule has 0 fully saturated rings. The van der Waals surface area contributed by atoms with Crippen molar-refractivity contribution >= 4 is 34.0 Å². The third-order valence-corrected chi connectivity index (χ3v) is 5.62. The van der Waals surface area contributed by atoms with Crippen LogP contribution in [0.5, 0.6) is 23.0 Å². The van der Waals surface area contributed by atoms with Gasteiger partial charge < -0.3 is 24.3 Å². The van der Waals surface area contributed by atoms with Crippen molar-refractivity contribution in [2.75, 3.05) is 32.0 Å². The summed E-state index contributed by atoms with van der Waals surface area (Å²) in [6.07, 6.45) is -0.537. The Morgan fingerprint density at radius 3 is 2.50 bits per heavy atom. The predicted molar refractivity (Wildman–Crippen MR) is 120 cm³/mol. The van der Waals surface area contributed by atoms with Crippen molar-refractivity contribution in [1.82, 2.24) is 4.98 Å². The van der Waals surface area contributed by atoms with Gasteiger partial charge in [-0.1, -0.05) is 0 Å². The van der Waals surface area contributed by atoms with Gasteiger partial charge >= 0.3 is 0 Å². The molecule has 2 amide bonds. The summed E-state index contributed by atoms with van der Waals surface area (Å²) < 4.78 is 21.5. The summed E-state index contributed by atoms with van der Waals surface area (Å²) in [5.74, 6) is 1.19. The maximum Gasteiger partial charge on any atom is 0.265 e. The first kappa shape index (κ1) is 21.4. The second-order valence-electron chi connectivity index (χ2n) is 6.87. The molecule has 1 aliphatic rings. The predicted octanol–water partition coefficient (Wildman–Crippen LogP) is 3.81. The molecule has 2 N–H and O–H groups in total. The fourth-order valence-corrected chi connectivity index (χ4v) is 3.93. The molecular weight excluding hydrogens is 434 g/mol. The first-order valence-electron chi connectivity index (χ1n) is 9.62. The van der Waals surface area contributed by atoms with Crippen LogP contribution in [0.3, 0.4) is 0 Å². The van der Waals surface area contributed by atoms with Crippen molar-refractivity contribution in [1.29, 1.82) is 0 Å². The fraction of sp³-hybridized carbons (Fsp3) is 0.227. The molecule has 1 aromatic heterocycles. The minimum atomic E-state index is -0.537. The SMILES string of the molecule is COc1cc(C(=O)Nc2nc(-c3ccc4c(c3)NC(=O)[C@@H](C)O4)cs2)cc(OC)c1OC. The number of hydrogen-bond acceptors (Lipinski definition) is 8. The molecule has 0 spiro atoms. The molecule has 1 atom stereocenters. The molecule has 2 heterocycles. The lowest BCUT2D eigenvalue weighted by atomic mass is 10.1. The van der Waals surface area contributed by atoms with Crippen LogP contribution in [0.4, 0.5) is 10.8 Å². The molecule has 2 aromatic carbocycles. The zero-order chi connectivity index (χ0) is 22.8. The highest BCUT2D eigenvalue weighted by atomic mass is 32.1. The van der Waals surface area contributed by atoms with Crippen LogP contribution in [0.1, 0.15) is 17.3 Å². The summed E-state index contributed by atoms with van der Waals surface area (Å²) in [6.45, 7) is 1.69. The van der Waals surface area contributed by atoms with Gasteiger partial charge in [0.15, 0.2) is 22.7 Å². The lowest BCUT2D eigenvalue weighted by Gasteiger charge is -2.23. The van der Waals surface area contributed by atoms with E-state index in [4.69, 9.17) is 18.9 Å². The van der Waals surface area contributed by atoms with Gasteiger partial charge in [-0.05, 0) is 37.3 Å². The maximum atomic E-state index is 12.8. The number of carbonyl (C=O) groups is 2. The van der Waals surface area contributed by atoms with Crippen molar-refractivity contribution in [3.05, 3.63) is 41.3 Å². The largest absolute Gasteiger partial charge is 0.493 e. The van der Waals surface area contributed by atoms with Gasteiger partial charge in [0, 0.05) is 16.5 Å². The summed E-state index contributed by atoms with van der Waals surface area (Å²) in [5, 5.41) is 7.85. The number of nitrogens with zero attached hydrogens (tertiary/aromatic N) is 1. The molecule has 0 unspecified atom stereocenters. The normalized spacial score (nSPS) is 14.6. The molecule has 4 rings (SSSR count). The second-order valence-corrected chi connectivity index (χ2v) is 7.72. The van der Waals surface area contributed by atoms with Crippen molar-refractivity contribution in [2.24, 2.45) is 0 Å².